The molecule has 2 aliphatic heterocycles. The fourth-order valence-corrected chi connectivity index (χ4v) is 10.1. The average molecular weight is 737 g/mol. The third-order valence-electron chi connectivity index (χ3n) is 10.6. The summed E-state index contributed by atoms with van der Waals surface area (Å²) in [5, 5.41) is 4.91. The smallest absolute Gasteiger partial charge is 0.285 e. The van der Waals surface area contributed by atoms with E-state index in [1.165, 1.54) is 22.9 Å². The Hall–Kier alpha value is -3.67. The van der Waals surface area contributed by atoms with Crippen LogP contribution in [0.1, 0.15) is 77.3 Å². The minimum absolute atomic E-state index is 0.0681. The number of ketones is 1. The first-order valence-corrected chi connectivity index (χ1v) is 20.2. The number of fused-ring (bicyclic) bond motifs is 3. The summed E-state index contributed by atoms with van der Waals surface area (Å²) in [5.74, 6) is 0.0702. The monoisotopic (exact) mass is 736 g/mol. The highest BCUT2D eigenvalue weighted by atomic mass is 35.5. The highest BCUT2D eigenvalue weighted by molar-refractivity contribution is 7.94. The van der Waals surface area contributed by atoms with Gasteiger partial charge in [-0.25, -0.2) is 4.21 Å². The quantitative estimate of drug-likeness (QED) is 0.191. The summed E-state index contributed by atoms with van der Waals surface area (Å²) in [4.78, 5) is 30.1. The van der Waals surface area contributed by atoms with Crippen molar-refractivity contribution in [2.45, 2.75) is 64.5 Å². The van der Waals surface area contributed by atoms with Crippen molar-refractivity contribution >= 4 is 38.7 Å². The van der Waals surface area contributed by atoms with Gasteiger partial charge in [0.05, 0.1) is 41.0 Å². The molecule has 3 heterocycles. The van der Waals surface area contributed by atoms with Crippen molar-refractivity contribution in [3.05, 3.63) is 82.0 Å². The lowest BCUT2D eigenvalue weighted by Crippen LogP contribution is -2.43. The first-order chi connectivity index (χ1) is 24.6. The Labute approximate surface area is 306 Å². The van der Waals surface area contributed by atoms with Gasteiger partial charge in [0.2, 0.25) is 5.88 Å². The fraction of sp³-hybridized carbons (Fsp3) is 0.513. The Kier molecular flexibility index (Phi) is 11.9. The molecule has 3 aromatic rings. The zero-order valence-electron chi connectivity index (χ0n) is 30.0. The molecule has 0 saturated heterocycles. The van der Waals surface area contributed by atoms with Gasteiger partial charge >= 0.3 is 0 Å². The first kappa shape index (κ1) is 37.1. The van der Waals surface area contributed by atoms with Crippen LogP contribution >= 0.6 is 11.6 Å². The molecular formula is C39H49ClN4O6S. The summed E-state index contributed by atoms with van der Waals surface area (Å²) in [6.07, 6.45) is 11.9. The maximum atomic E-state index is 14.8. The summed E-state index contributed by atoms with van der Waals surface area (Å²) in [6.45, 7) is 3.90. The molecular weight excluding hydrogens is 688 g/mol. The minimum atomic E-state index is -3.36. The van der Waals surface area contributed by atoms with Gasteiger partial charge in [0.1, 0.15) is 11.3 Å². The minimum Gasteiger partial charge on any atom is -0.491 e. The number of hydrogen-bond donors (Lipinski definition) is 0. The second kappa shape index (κ2) is 16.3. The number of nitrogens with zero attached hydrogens (tertiary/aromatic N) is 4. The summed E-state index contributed by atoms with van der Waals surface area (Å²) < 4.78 is 38.5. The summed E-state index contributed by atoms with van der Waals surface area (Å²) in [5.41, 5.74) is 3.69. The van der Waals surface area contributed by atoms with E-state index in [9.17, 15) is 13.8 Å². The molecule has 1 unspecified atom stereocenters. The highest BCUT2D eigenvalue weighted by Crippen LogP contribution is 2.42. The molecule has 1 aliphatic carbocycles. The van der Waals surface area contributed by atoms with Crippen LogP contribution in [0.15, 0.2) is 59.1 Å². The number of carbonyl (C=O) groups excluding carboxylic acids is 2. The zero-order chi connectivity index (χ0) is 36.1. The number of aromatic nitrogens is 2. The van der Waals surface area contributed by atoms with Gasteiger partial charge in [-0.3, -0.25) is 14.3 Å². The van der Waals surface area contributed by atoms with Gasteiger partial charge in [-0.1, -0.05) is 43.2 Å². The topological polar surface area (TPSA) is 112 Å². The zero-order valence-corrected chi connectivity index (χ0v) is 31.6. The molecule has 51 heavy (non-hydrogen) atoms. The Morgan fingerprint density at radius 1 is 1.12 bits per heavy atom. The average Bonchev–Trinajstić information content (AvgIpc) is 3.48. The number of aryl methyl sites for hydroxylation is 2. The van der Waals surface area contributed by atoms with Crippen molar-refractivity contribution in [3.63, 3.8) is 0 Å². The molecule has 3 aliphatic rings. The van der Waals surface area contributed by atoms with Gasteiger partial charge in [0.25, 0.3) is 5.91 Å². The van der Waals surface area contributed by atoms with Crippen molar-refractivity contribution in [3.8, 4) is 11.6 Å². The van der Waals surface area contributed by atoms with Crippen molar-refractivity contribution in [1.29, 1.82) is 0 Å². The van der Waals surface area contributed by atoms with Crippen molar-refractivity contribution in [2.75, 3.05) is 43.8 Å². The lowest BCUT2D eigenvalue weighted by atomic mass is 9.70. The van der Waals surface area contributed by atoms with E-state index in [2.05, 4.69) is 38.6 Å². The maximum absolute atomic E-state index is 14.8. The number of hydrogen-bond acceptors (Lipinski definition) is 8. The normalized spacial score (nSPS) is 26.3. The third kappa shape index (κ3) is 8.69. The van der Waals surface area contributed by atoms with Gasteiger partial charge in [-0.15, -0.1) is 5.10 Å². The van der Waals surface area contributed by atoms with Crippen molar-refractivity contribution in [1.82, 2.24) is 9.78 Å². The van der Waals surface area contributed by atoms with Crippen LogP contribution in [0.3, 0.4) is 0 Å². The molecule has 0 N–H and O–H groups in total. The Balaban J connectivity index is 1.46. The summed E-state index contributed by atoms with van der Waals surface area (Å²) in [7, 11) is 1.52. The molecule has 12 heteroatoms. The Morgan fingerprint density at radius 3 is 2.71 bits per heavy atom. The van der Waals surface area contributed by atoms with Crippen molar-refractivity contribution in [2.24, 2.45) is 29.2 Å². The van der Waals surface area contributed by atoms with E-state index >= 15 is 0 Å². The highest BCUT2D eigenvalue weighted by Gasteiger charge is 2.38. The number of anilines is 1. The van der Waals surface area contributed by atoms with Gasteiger partial charge in [-0.05, 0) is 97.7 Å². The SMILES string of the molecule is CC[C@H]1C/C=C/[C@H](OC)[C@@H]2CC[C@H]2CN2Cc3ccc(Cl)cc3CCCCOc3ccc(cc32)C(=O)N=S(=O)(CC(=O)c2cn(C)nc2OC)C1. The van der Waals surface area contributed by atoms with E-state index in [4.69, 9.17) is 25.8 Å². The van der Waals surface area contributed by atoms with Crippen LogP contribution in [0.2, 0.25) is 5.02 Å². The van der Waals surface area contributed by atoms with Crippen LogP contribution in [0, 0.1) is 17.8 Å². The molecule has 1 saturated carbocycles. The van der Waals surface area contributed by atoms with Crippen LogP contribution < -0.4 is 14.4 Å². The number of ether oxygens (including phenoxy) is 3. The maximum Gasteiger partial charge on any atom is 0.285 e. The second-order valence-electron chi connectivity index (χ2n) is 14.1. The molecule has 0 radical (unpaired) electrons. The number of rotatable bonds is 6. The van der Waals surface area contributed by atoms with Crippen LogP contribution in [0.25, 0.3) is 0 Å². The lowest BCUT2D eigenvalue weighted by molar-refractivity contribution is 0.0133. The predicted octanol–water partition coefficient (Wildman–Crippen LogP) is 7.32. The van der Waals surface area contributed by atoms with Gasteiger partial charge in [0, 0.05) is 49.8 Å². The van der Waals surface area contributed by atoms with E-state index in [-0.39, 0.29) is 29.2 Å². The molecule has 274 valence electrons. The number of carbonyl (C=O) groups is 2. The van der Waals surface area contributed by atoms with Gasteiger partial charge in [-0.2, -0.15) is 4.36 Å². The van der Waals surface area contributed by atoms with Crippen LogP contribution in [0.5, 0.6) is 11.6 Å². The predicted molar refractivity (Wildman–Crippen MR) is 201 cm³/mol. The molecule has 10 nitrogen and oxygen atoms in total. The second-order valence-corrected chi connectivity index (χ2v) is 16.8. The first-order valence-electron chi connectivity index (χ1n) is 18.0. The molecule has 6 rings (SSSR count). The summed E-state index contributed by atoms with van der Waals surface area (Å²) in [6, 6.07) is 11.4. The largest absolute Gasteiger partial charge is 0.491 e. The van der Waals surface area contributed by atoms with Crippen LogP contribution in [0.4, 0.5) is 5.69 Å². The molecule has 5 atom stereocenters. The van der Waals surface area contributed by atoms with E-state index < -0.39 is 27.2 Å². The number of amides is 1. The van der Waals surface area contributed by atoms with Gasteiger partial charge < -0.3 is 19.1 Å². The number of halogens is 1. The van der Waals surface area contributed by atoms with E-state index in [0.717, 1.165) is 44.3 Å². The molecule has 1 aromatic heterocycles. The van der Waals surface area contributed by atoms with Crippen LogP contribution in [-0.4, -0.2) is 70.7 Å². The molecule has 2 bridgehead atoms. The molecule has 1 fully saturated rings. The standard InChI is InChI=1S/C39H49ClN4O6S/c1-5-26-9-8-11-36(48-3)32-16-13-30(32)22-44-21-29-12-15-31(40)19-27(29)10-6-7-18-50-37-17-14-28(20-34(37)44)38(46)42-51(47,24-26)25-35(45)33-23-43(2)41-39(33)49-4/h8,11-12,14-15,17,19-20,23,26,30,32,36H,5-7,9-10,13,16,18,21-22,24-25H2,1-4H3/b11-8+/t26-,30-,32+,36-,51?/m0/s1. The Bertz CT molecular complexity index is 1900. The number of benzene rings is 2. The molecule has 2 aromatic carbocycles. The number of methoxy groups -OCH3 is 2. The van der Waals surface area contributed by atoms with Crippen LogP contribution in [-0.2, 0) is 34.5 Å². The number of allylic oxidation sites excluding steroid dienone is 1. The van der Waals surface area contributed by atoms with Crippen molar-refractivity contribution < 1.29 is 28.0 Å². The fourth-order valence-electron chi connectivity index (χ4n) is 7.54. The molecule has 1 amide bonds. The van der Waals surface area contributed by atoms with E-state index in [1.54, 1.807) is 26.4 Å². The summed E-state index contributed by atoms with van der Waals surface area (Å²) >= 11 is 6.47. The molecule has 0 spiro atoms. The lowest BCUT2D eigenvalue weighted by Gasteiger charge is -2.43. The third-order valence-corrected chi connectivity index (χ3v) is 13.0. The Morgan fingerprint density at radius 2 is 1.96 bits per heavy atom. The van der Waals surface area contributed by atoms with Gasteiger partial charge in [0.15, 0.2) is 5.78 Å². The van der Waals surface area contributed by atoms with E-state index in [1.807, 2.05) is 25.1 Å². The van der Waals surface area contributed by atoms with E-state index in [0.29, 0.717) is 54.2 Å². The number of Topliss-reactive ketones (excluding diaryl/α,β-unsaturated/α-hetero) is 1.